The zero-order valence-corrected chi connectivity index (χ0v) is 16.0. The average Bonchev–Trinajstić information content (AvgIpc) is 3.52. The molecule has 1 aliphatic carbocycles. The van der Waals surface area contributed by atoms with Crippen LogP contribution in [0.4, 0.5) is 5.69 Å². The van der Waals surface area contributed by atoms with Crippen LogP contribution in [0.5, 0.6) is 0 Å². The van der Waals surface area contributed by atoms with Crippen molar-refractivity contribution in [3.63, 3.8) is 0 Å². The monoisotopic (exact) mass is 370 g/mol. The number of amides is 2. The van der Waals surface area contributed by atoms with Gasteiger partial charge >= 0.3 is 0 Å². The van der Waals surface area contributed by atoms with E-state index in [1.807, 2.05) is 21.9 Å². The predicted octanol–water partition coefficient (Wildman–Crippen LogP) is 1.11. The highest BCUT2D eigenvalue weighted by Crippen LogP contribution is 2.28. The van der Waals surface area contributed by atoms with Gasteiger partial charge in [-0.1, -0.05) is 18.2 Å². The minimum Gasteiger partial charge on any atom is -0.339 e. The van der Waals surface area contributed by atoms with E-state index in [2.05, 4.69) is 22.3 Å². The van der Waals surface area contributed by atoms with Crippen molar-refractivity contribution in [1.29, 1.82) is 0 Å². The minimum atomic E-state index is 0.174. The number of carbonyl (C=O) groups excluding carboxylic acids is 2. The Kier molecular flexibility index (Phi) is 5.74. The van der Waals surface area contributed by atoms with Gasteiger partial charge < -0.3 is 15.1 Å². The summed E-state index contributed by atoms with van der Waals surface area (Å²) in [5.41, 5.74) is 2.34. The highest BCUT2D eigenvalue weighted by atomic mass is 16.2. The second-order valence-electron chi connectivity index (χ2n) is 8.01. The maximum absolute atomic E-state index is 12.8. The van der Waals surface area contributed by atoms with Gasteiger partial charge in [-0.15, -0.1) is 0 Å². The van der Waals surface area contributed by atoms with Crippen LogP contribution in [0.25, 0.3) is 0 Å². The number of hydrogen-bond donors (Lipinski definition) is 1. The number of piperazine rings is 1. The first-order valence-corrected chi connectivity index (χ1v) is 10.3. The predicted molar refractivity (Wildman–Crippen MR) is 106 cm³/mol. The Bertz CT molecular complexity index is 681. The van der Waals surface area contributed by atoms with Gasteiger partial charge in [0.05, 0.1) is 13.1 Å². The van der Waals surface area contributed by atoms with Crippen LogP contribution in [0, 0.1) is 5.92 Å². The first-order chi connectivity index (χ1) is 13.2. The van der Waals surface area contributed by atoms with Gasteiger partial charge in [0.25, 0.3) is 0 Å². The lowest BCUT2D eigenvalue weighted by Gasteiger charge is -2.36. The molecular formula is C21H30N4O2. The van der Waals surface area contributed by atoms with Gasteiger partial charge in [0.15, 0.2) is 0 Å². The number of nitrogens with one attached hydrogen (secondary N) is 1. The Balaban J connectivity index is 1.23. The fourth-order valence-corrected chi connectivity index (χ4v) is 4.04. The standard InChI is InChI=1S/C21H30N4O2/c26-20(15-22-14-17-7-8-17)24-12-10-23(11-13-24)16-21(27)25-9-3-5-18-4-1-2-6-19(18)25/h1-2,4,6,17,22H,3,5,7-16H2. The van der Waals surface area contributed by atoms with Crippen molar-refractivity contribution in [3.05, 3.63) is 29.8 Å². The molecule has 0 bridgehead atoms. The molecule has 2 aliphatic heterocycles. The van der Waals surface area contributed by atoms with Gasteiger partial charge in [-0.2, -0.15) is 0 Å². The van der Waals surface area contributed by atoms with Crippen molar-refractivity contribution >= 4 is 17.5 Å². The third kappa shape index (κ3) is 4.68. The summed E-state index contributed by atoms with van der Waals surface area (Å²) in [7, 11) is 0. The molecule has 27 heavy (non-hydrogen) atoms. The van der Waals surface area contributed by atoms with Crippen LogP contribution in [-0.2, 0) is 16.0 Å². The molecule has 1 saturated heterocycles. The Hall–Kier alpha value is -1.92. The molecule has 0 unspecified atom stereocenters. The van der Waals surface area contributed by atoms with Crippen LogP contribution in [0.3, 0.4) is 0 Å². The minimum absolute atomic E-state index is 0.174. The molecular weight excluding hydrogens is 340 g/mol. The summed E-state index contributed by atoms with van der Waals surface area (Å²) in [5.74, 6) is 1.15. The topological polar surface area (TPSA) is 55.9 Å². The van der Waals surface area contributed by atoms with Gasteiger partial charge in [0.1, 0.15) is 0 Å². The van der Waals surface area contributed by atoms with Crippen LogP contribution < -0.4 is 10.2 Å². The number of hydrogen-bond acceptors (Lipinski definition) is 4. The van der Waals surface area contributed by atoms with E-state index in [1.54, 1.807) is 0 Å². The number of para-hydroxylation sites is 1. The lowest BCUT2D eigenvalue weighted by Crippen LogP contribution is -2.53. The highest BCUT2D eigenvalue weighted by molar-refractivity contribution is 5.96. The Labute approximate surface area is 161 Å². The van der Waals surface area contributed by atoms with E-state index in [0.29, 0.717) is 26.2 Å². The molecule has 6 nitrogen and oxygen atoms in total. The molecule has 3 aliphatic rings. The summed E-state index contributed by atoms with van der Waals surface area (Å²) in [6.07, 6.45) is 4.68. The fraction of sp³-hybridized carbons (Fsp3) is 0.619. The van der Waals surface area contributed by atoms with E-state index in [1.165, 1.54) is 18.4 Å². The molecule has 2 fully saturated rings. The number of carbonyl (C=O) groups is 2. The van der Waals surface area contributed by atoms with Crippen LogP contribution in [0.15, 0.2) is 24.3 Å². The van der Waals surface area contributed by atoms with E-state index in [9.17, 15) is 9.59 Å². The van der Waals surface area contributed by atoms with Gasteiger partial charge in [0, 0.05) is 38.4 Å². The lowest BCUT2D eigenvalue weighted by atomic mass is 10.0. The second-order valence-corrected chi connectivity index (χ2v) is 8.01. The molecule has 0 spiro atoms. The molecule has 146 valence electrons. The molecule has 6 heteroatoms. The summed E-state index contributed by atoms with van der Waals surface area (Å²) in [4.78, 5) is 31.2. The zero-order chi connectivity index (χ0) is 18.6. The number of nitrogens with zero attached hydrogens (tertiary/aromatic N) is 3. The van der Waals surface area contributed by atoms with Gasteiger partial charge in [-0.25, -0.2) is 0 Å². The normalized spacial score (nSPS) is 20.4. The van der Waals surface area contributed by atoms with Crippen LogP contribution in [-0.4, -0.2) is 74.0 Å². The number of rotatable bonds is 6. The summed E-state index contributed by atoms with van der Waals surface area (Å²) in [6, 6.07) is 8.22. The van der Waals surface area contributed by atoms with Crippen LogP contribution in [0.2, 0.25) is 0 Å². The Morgan fingerprint density at radius 2 is 1.78 bits per heavy atom. The Morgan fingerprint density at radius 1 is 1.00 bits per heavy atom. The molecule has 1 saturated carbocycles. The van der Waals surface area contributed by atoms with Crippen molar-refractivity contribution in [2.75, 3.05) is 57.3 Å². The smallest absolute Gasteiger partial charge is 0.241 e. The largest absolute Gasteiger partial charge is 0.339 e. The molecule has 1 N–H and O–H groups in total. The first-order valence-electron chi connectivity index (χ1n) is 10.3. The maximum Gasteiger partial charge on any atom is 0.241 e. The molecule has 1 aromatic carbocycles. The van der Waals surface area contributed by atoms with Gasteiger partial charge in [0.2, 0.25) is 11.8 Å². The quantitative estimate of drug-likeness (QED) is 0.815. The molecule has 2 heterocycles. The van der Waals surface area contributed by atoms with Gasteiger partial charge in [-0.05, 0) is 49.8 Å². The van der Waals surface area contributed by atoms with Crippen molar-refractivity contribution < 1.29 is 9.59 Å². The number of aryl methyl sites for hydroxylation is 1. The van der Waals surface area contributed by atoms with E-state index >= 15 is 0 Å². The van der Waals surface area contributed by atoms with Crippen molar-refractivity contribution in [2.45, 2.75) is 25.7 Å². The molecule has 4 rings (SSSR count). The highest BCUT2D eigenvalue weighted by Gasteiger charge is 2.27. The zero-order valence-electron chi connectivity index (χ0n) is 16.0. The Morgan fingerprint density at radius 3 is 2.56 bits per heavy atom. The van der Waals surface area contributed by atoms with Crippen molar-refractivity contribution in [1.82, 2.24) is 15.1 Å². The van der Waals surface area contributed by atoms with E-state index in [0.717, 1.165) is 50.6 Å². The lowest BCUT2D eigenvalue weighted by molar-refractivity contribution is -0.132. The maximum atomic E-state index is 12.8. The van der Waals surface area contributed by atoms with E-state index in [4.69, 9.17) is 0 Å². The first kappa shape index (κ1) is 18.4. The summed E-state index contributed by atoms with van der Waals surface area (Å²) in [5, 5.41) is 3.27. The average molecular weight is 370 g/mol. The fourth-order valence-electron chi connectivity index (χ4n) is 4.04. The molecule has 1 aromatic rings. The molecule has 2 amide bonds. The van der Waals surface area contributed by atoms with Gasteiger partial charge in [-0.3, -0.25) is 14.5 Å². The summed E-state index contributed by atoms with van der Waals surface area (Å²) >= 11 is 0. The van der Waals surface area contributed by atoms with Crippen LogP contribution in [0.1, 0.15) is 24.8 Å². The van der Waals surface area contributed by atoms with E-state index < -0.39 is 0 Å². The number of anilines is 1. The number of fused-ring (bicyclic) bond motifs is 1. The summed E-state index contributed by atoms with van der Waals surface area (Å²) < 4.78 is 0. The van der Waals surface area contributed by atoms with Crippen LogP contribution >= 0.6 is 0 Å². The van der Waals surface area contributed by atoms with E-state index in [-0.39, 0.29) is 11.8 Å². The van der Waals surface area contributed by atoms with Crippen molar-refractivity contribution in [2.24, 2.45) is 5.92 Å². The SMILES string of the molecule is O=C(CNCC1CC1)N1CCN(CC(=O)N2CCCc3ccccc32)CC1. The summed E-state index contributed by atoms with van der Waals surface area (Å²) in [6.45, 7) is 5.64. The molecule has 0 radical (unpaired) electrons. The second kappa shape index (κ2) is 8.40. The molecule has 0 atom stereocenters. The molecule has 0 aromatic heterocycles. The number of benzene rings is 1. The third-order valence-corrected chi connectivity index (χ3v) is 5.90. The third-order valence-electron chi connectivity index (χ3n) is 5.90. The van der Waals surface area contributed by atoms with Crippen molar-refractivity contribution in [3.8, 4) is 0 Å².